The number of aliphatic imine (C=N–C) groups is 1. The second-order valence-corrected chi connectivity index (χ2v) is 6.72. The third-order valence-corrected chi connectivity index (χ3v) is 5.25. The first kappa shape index (κ1) is 13.4. The lowest BCUT2D eigenvalue weighted by atomic mass is 10.4. The van der Waals surface area contributed by atoms with Crippen LogP contribution < -0.4 is 0 Å². The van der Waals surface area contributed by atoms with Crippen molar-refractivity contribution in [1.82, 2.24) is 4.31 Å². The lowest BCUT2D eigenvalue weighted by molar-refractivity contribution is 0.539. The average molecular weight is 288 g/mol. The molecule has 1 aromatic carbocycles. The molecule has 0 amide bonds. The maximum absolute atomic E-state index is 12.8. The van der Waals surface area contributed by atoms with E-state index < -0.39 is 15.8 Å². The number of sulfonamides is 1. The number of nitrogens with zero attached hydrogens (tertiary/aromatic N) is 2. The van der Waals surface area contributed by atoms with Crippen LogP contribution in [-0.2, 0) is 10.0 Å². The van der Waals surface area contributed by atoms with Gasteiger partial charge in [0.15, 0.2) is 5.17 Å². The number of halogens is 1. The number of hydrogen-bond acceptors (Lipinski definition) is 4. The second-order valence-electron chi connectivity index (χ2n) is 3.63. The molecule has 1 aromatic rings. The Morgan fingerprint density at radius 2 is 2.06 bits per heavy atom. The van der Waals surface area contributed by atoms with Gasteiger partial charge >= 0.3 is 0 Å². The van der Waals surface area contributed by atoms with Crippen LogP contribution in [0.25, 0.3) is 0 Å². The number of hydrogen-bond donors (Lipinski definition) is 0. The summed E-state index contributed by atoms with van der Waals surface area (Å²) < 4.78 is 38.8. The first-order chi connectivity index (χ1) is 8.55. The third-order valence-electron chi connectivity index (χ3n) is 2.44. The van der Waals surface area contributed by atoms with Crippen LogP contribution >= 0.6 is 11.8 Å². The van der Waals surface area contributed by atoms with Gasteiger partial charge in [-0.1, -0.05) is 18.7 Å². The molecule has 0 N–H and O–H groups in total. The summed E-state index contributed by atoms with van der Waals surface area (Å²) >= 11 is 1.39. The van der Waals surface area contributed by atoms with Crippen LogP contribution in [-0.4, -0.2) is 36.7 Å². The van der Waals surface area contributed by atoms with Crippen molar-refractivity contribution in [3.63, 3.8) is 0 Å². The van der Waals surface area contributed by atoms with Crippen molar-refractivity contribution in [3.8, 4) is 0 Å². The molecule has 2 rings (SSSR count). The largest absolute Gasteiger partial charge is 0.265 e. The highest BCUT2D eigenvalue weighted by molar-refractivity contribution is 8.14. The molecular formula is C11H13FN2O2S2. The molecule has 18 heavy (non-hydrogen) atoms. The quantitative estimate of drug-likeness (QED) is 0.854. The molecule has 0 saturated carbocycles. The van der Waals surface area contributed by atoms with Crippen molar-refractivity contribution in [2.24, 2.45) is 4.99 Å². The standard InChI is InChI=1S/C11H13FN2O2S2/c1-2-17-11-13-7-8-14(11)18(15,16)10-5-3-9(12)4-6-10/h3-6H,2,7-8H2,1H3. The van der Waals surface area contributed by atoms with Crippen LogP contribution in [0, 0.1) is 5.82 Å². The first-order valence-electron chi connectivity index (χ1n) is 5.51. The van der Waals surface area contributed by atoms with E-state index in [1.807, 2.05) is 6.92 Å². The minimum absolute atomic E-state index is 0.0928. The number of rotatable bonds is 3. The smallest absolute Gasteiger partial charge is 0.260 e. The van der Waals surface area contributed by atoms with Gasteiger partial charge < -0.3 is 0 Å². The predicted molar refractivity (Wildman–Crippen MR) is 70.7 cm³/mol. The maximum atomic E-state index is 12.8. The van der Waals surface area contributed by atoms with E-state index in [4.69, 9.17) is 0 Å². The van der Waals surface area contributed by atoms with Gasteiger partial charge in [-0.3, -0.25) is 4.99 Å². The van der Waals surface area contributed by atoms with Gasteiger partial charge in [-0.05, 0) is 30.0 Å². The lowest BCUT2D eigenvalue weighted by Crippen LogP contribution is -2.32. The molecule has 0 spiro atoms. The summed E-state index contributed by atoms with van der Waals surface area (Å²) in [5, 5.41) is 0.516. The molecule has 7 heteroatoms. The molecule has 0 aromatic heterocycles. The topological polar surface area (TPSA) is 49.7 Å². The second kappa shape index (κ2) is 5.27. The Labute approximate surface area is 110 Å². The van der Waals surface area contributed by atoms with Crippen molar-refractivity contribution in [2.45, 2.75) is 11.8 Å². The van der Waals surface area contributed by atoms with Gasteiger partial charge in [0.25, 0.3) is 10.0 Å². The summed E-state index contributed by atoms with van der Waals surface area (Å²) in [6, 6.07) is 4.84. The molecule has 0 radical (unpaired) electrons. The van der Waals surface area contributed by atoms with Gasteiger partial charge in [0.05, 0.1) is 18.0 Å². The van der Waals surface area contributed by atoms with E-state index in [2.05, 4.69) is 4.99 Å². The molecule has 0 fully saturated rings. The van der Waals surface area contributed by atoms with Crippen LogP contribution in [0.2, 0.25) is 0 Å². The third kappa shape index (κ3) is 2.51. The molecule has 1 heterocycles. The SMILES string of the molecule is CCSC1=NCCN1S(=O)(=O)c1ccc(F)cc1. The van der Waals surface area contributed by atoms with Gasteiger partial charge in [0, 0.05) is 0 Å². The van der Waals surface area contributed by atoms with Crippen molar-refractivity contribution in [2.75, 3.05) is 18.8 Å². The fourth-order valence-corrected chi connectivity index (χ4v) is 4.06. The highest BCUT2D eigenvalue weighted by atomic mass is 32.2. The summed E-state index contributed by atoms with van der Waals surface area (Å²) in [6.07, 6.45) is 0. The molecule has 0 saturated heterocycles. The van der Waals surface area contributed by atoms with Crippen LogP contribution in [0.3, 0.4) is 0 Å². The lowest BCUT2D eigenvalue weighted by Gasteiger charge is -2.19. The van der Waals surface area contributed by atoms with Crippen LogP contribution in [0.1, 0.15) is 6.92 Å². The molecule has 0 bridgehead atoms. The summed E-state index contributed by atoms with van der Waals surface area (Å²) in [6.45, 7) is 2.76. The predicted octanol–water partition coefficient (Wildman–Crippen LogP) is 1.94. The Morgan fingerprint density at radius 3 is 2.67 bits per heavy atom. The van der Waals surface area contributed by atoms with E-state index in [9.17, 15) is 12.8 Å². The summed E-state index contributed by atoms with van der Waals surface area (Å²) in [5.41, 5.74) is 0. The number of amidine groups is 1. The molecule has 4 nitrogen and oxygen atoms in total. The number of benzene rings is 1. The minimum atomic E-state index is -3.61. The van der Waals surface area contributed by atoms with Crippen LogP contribution in [0.4, 0.5) is 4.39 Å². The van der Waals surface area contributed by atoms with Crippen LogP contribution in [0.5, 0.6) is 0 Å². The summed E-state index contributed by atoms with van der Waals surface area (Å²) in [4.78, 5) is 4.26. The first-order valence-corrected chi connectivity index (χ1v) is 7.94. The number of thioether (sulfide) groups is 1. The van der Waals surface area contributed by atoms with Gasteiger partial charge in [0.1, 0.15) is 5.82 Å². The Hall–Kier alpha value is -1.08. The molecule has 98 valence electrons. The van der Waals surface area contributed by atoms with Crippen molar-refractivity contribution >= 4 is 27.0 Å². The van der Waals surface area contributed by atoms with Gasteiger partial charge in [-0.25, -0.2) is 17.1 Å². The monoisotopic (exact) mass is 288 g/mol. The van der Waals surface area contributed by atoms with Crippen molar-refractivity contribution in [1.29, 1.82) is 0 Å². The highest BCUT2D eigenvalue weighted by Gasteiger charge is 2.30. The fraction of sp³-hybridized carbons (Fsp3) is 0.364. The molecule has 0 atom stereocenters. The fourth-order valence-electron chi connectivity index (χ4n) is 1.61. The van der Waals surface area contributed by atoms with Crippen LogP contribution in [0.15, 0.2) is 34.2 Å². The van der Waals surface area contributed by atoms with E-state index >= 15 is 0 Å². The Balaban J connectivity index is 2.31. The van der Waals surface area contributed by atoms with E-state index in [1.165, 1.54) is 28.2 Å². The minimum Gasteiger partial charge on any atom is -0.260 e. The normalized spacial score (nSPS) is 15.9. The zero-order valence-electron chi connectivity index (χ0n) is 9.84. The Kier molecular flexibility index (Phi) is 3.91. The average Bonchev–Trinajstić information content (AvgIpc) is 2.79. The molecule has 1 aliphatic heterocycles. The van der Waals surface area contributed by atoms with Crippen molar-refractivity contribution in [3.05, 3.63) is 30.1 Å². The molecular weight excluding hydrogens is 275 g/mol. The molecule has 0 aliphatic carbocycles. The van der Waals surface area contributed by atoms with Crippen molar-refractivity contribution < 1.29 is 12.8 Å². The maximum Gasteiger partial charge on any atom is 0.265 e. The summed E-state index contributed by atoms with van der Waals surface area (Å²) in [5.74, 6) is 0.307. The van der Waals surface area contributed by atoms with E-state index in [0.717, 1.165) is 17.9 Å². The van der Waals surface area contributed by atoms with Gasteiger partial charge in [-0.15, -0.1) is 0 Å². The van der Waals surface area contributed by atoms with E-state index in [0.29, 0.717) is 18.3 Å². The zero-order valence-corrected chi connectivity index (χ0v) is 11.5. The molecule has 1 aliphatic rings. The Bertz CT molecular complexity index is 555. The molecule has 0 unspecified atom stereocenters. The summed E-state index contributed by atoms with van der Waals surface area (Å²) in [7, 11) is -3.61. The zero-order chi connectivity index (χ0) is 13.2. The highest BCUT2D eigenvalue weighted by Crippen LogP contribution is 2.23. The van der Waals surface area contributed by atoms with Gasteiger partial charge in [0.2, 0.25) is 0 Å². The van der Waals surface area contributed by atoms with E-state index in [-0.39, 0.29) is 4.90 Å². The Morgan fingerprint density at radius 1 is 1.39 bits per heavy atom. The van der Waals surface area contributed by atoms with E-state index in [1.54, 1.807) is 0 Å². The van der Waals surface area contributed by atoms with Gasteiger partial charge in [-0.2, -0.15) is 0 Å².